The van der Waals surface area contributed by atoms with Crippen LogP contribution in [0.1, 0.15) is 24.9 Å². The zero-order valence-electron chi connectivity index (χ0n) is 14.2. The standard InChI is InChI=1S/C19H21N5O/c1-19(11-25-10-14-5-3-2-4-6-14)8-7-15(9-19)24-13-23-16-17(20)21-12-22-18(16)24/h2-8,12-13,15H,9-11H2,1H3,(H2,20,21,22)/t15-,19-/m1/s1. The highest BCUT2D eigenvalue weighted by Crippen LogP contribution is 2.39. The average molecular weight is 335 g/mol. The van der Waals surface area contributed by atoms with E-state index in [2.05, 4.69) is 50.7 Å². The molecule has 2 N–H and O–H groups in total. The van der Waals surface area contributed by atoms with E-state index in [1.807, 2.05) is 18.2 Å². The molecule has 3 aromatic rings. The summed E-state index contributed by atoms with van der Waals surface area (Å²) in [6, 6.07) is 10.4. The van der Waals surface area contributed by atoms with Crippen LogP contribution in [0, 0.1) is 5.41 Å². The maximum Gasteiger partial charge on any atom is 0.165 e. The van der Waals surface area contributed by atoms with Crippen LogP contribution in [0.3, 0.4) is 0 Å². The number of nitrogen functional groups attached to an aromatic ring is 1. The fourth-order valence-corrected chi connectivity index (χ4v) is 3.34. The van der Waals surface area contributed by atoms with E-state index < -0.39 is 0 Å². The van der Waals surface area contributed by atoms with Crippen molar-refractivity contribution in [2.75, 3.05) is 12.3 Å². The predicted molar refractivity (Wildman–Crippen MR) is 96.7 cm³/mol. The summed E-state index contributed by atoms with van der Waals surface area (Å²) in [5.41, 5.74) is 8.50. The maximum absolute atomic E-state index is 5.96. The molecule has 0 bridgehead atoms. The zero-order chi connectivity index (χ0) is 17.3. The number of hydrogen-bond acceptors (Lipinski definition) is 5. The molecule has 0 spiro atoms. The van der Waals surface area contributed by atoms with Gasteiger partial charge in [-0.05, 0) is 12.0 Å². The van der Waals surface area contributed by atoms with Gasteiger partial charge in [-0.1, -0.05) is 49.4 Å². The first-order chi connectivity index (χ1) is 12.1. The predicted octanol–water partition coefficient (Wildman–Crippen LogP) is 3.13. The summed E-state index contributed by atoms with van der Waals surface area (Å²) in [5, 5.41) is 0. The van der Waals surface area contributed by atoms with Gasteiger partial charge in [0.1, 0.15) is 11.8 Å². The number of ether oxygens (including phenoxy) is 1. The van der Waals surface area contributed by atoms with Crippen LogP contribution in [0.2, 0.25) is 0 Å². The Balaban J connectivity index is 1.43. The highest BCUT2D eigenvalue weighted by atomic mass is 16.5. The normalized spacial score (nSPS) is 22.7. The van der Waals surface area contributed by atoms with E-state index in [0.717, 1.165) is 12.1 Å². The minimum atomic E-state index is -0.00534. The van der Waals surface area contributed by atoms with Crippen LogP contribution in [0.15, 0.2) is 55.1 Å². The van der Waals surface area contributed by atoms with Crippen LogP contribution in [0.5, 0.6) is 0 Å². The number of allylic oxidation sites excluding steroid dienone is 1. The Bertz CT molecular complexity index is 905. The number of imidazole rings is 1. The topological polar surface area (TPSA) is 78.9 Å². The third-order valence-electron chi connectivity index (χ3n) is 4.68. The first-order valence-electron chi connectivity index (χ1n) is 8.39. The summed E-state index contributed by atoms with van der Waals surface area (Å²) in [5.74, 6) is 0.416. The third-order valence-corrected chi connectivity index (χ3v) is 4.68. The van der Waals surface area contributed by atoms with Gasteiger partial charge in [-0.2, -0.15) is 0 Å². The second kappa shape index (κ2) is 6.29. The van der Waals surface area contributed by atoms with Crippen molar-refractivity contribution < 1.29 is 4.74 Å². The van der Waals surface area contributed by atoms with E-state index >= 15 is 0 Å². The number of hydrogen-bond donors (Lipinski definition) is 1. The second-order valence-corrected chi connectivity index (χ2v) is 6.85. The molecule has 1 aliphatic carbocycles. The van der Waals surface area contributed by atoms with Crippen molar-refractivity contribution in [2.24, 2.45) is 5.41 Å². The molecule has 1 aliphatic rings. The van der Waals surface area contributed by atoms with Crippen molar-refractivity contribution in [3.8, 4) is 0 Å². The smallest absolute Gasteiger partial charge is 0.165 e. The monoisotopic (exact) mass is 335 g/mol. The third kappa shape index (κ3) is 3.13. The zero-order valence-corrected chi connectivity index (χ0v) is 14.2. The Labute approximate surface area is 146 Å². The van der Waals surface area contributed by atoms with Crippen molar-refractivity contribution in [3.05, 3.63) is 60.7 Å². The first-order valence-corrected chi connectivity index (χ1v) is 8.39. The van der Waals surface area contributed by atoms with Crippen molar-refractivity contribution in [3.63, 3.8) is 0 Å². The van der Waals surface area contributed by atoms with Crippen LogP contribution in [0.4, 0.5) is 5.82 Å². The lowest BCUT2D eigenvalue weighted by Gasteiger charge is -2.24. The summed E-state index contributed by atoms with van der Waals surface area (Å²) in [6.07, 6.45) is 8.65. The number of rotatable bonds is 5. The second-order valence-electron chi connectivity index (χ2n) is 6.85. The van der Waals surface area contributed by atoms with Crippen LogP contribution in [-0.4, -0.2) is 26.1 Å². The minimum Gasteiger partial charge on any atom is -0.382 e. The van der Waals surface area contributed by atoms with Gasteiger partial charge in [-0.15, -0.1) is 0 Å². The van der Waals surface area contributed by atoms with Gasteiger partial charge in [0, 0.05) is 5.41 Å². The molecule has 0 saturated carbocycles. The molecule has 2 heterocycles. The summed E-state index contributed by atoms with van der Waals surface area (Å²) in [6.45, 7) is 3.53. The molecule has 25 heavy (non-hydrogen) atoms. The van der Waals surface area contributed by atoms with E-state index in [4.69, 9.17) is 10.5 Å². The van der Waals surface area contributed by atoms with E-state index in [9.17, 15) is 0 Å². The number of nitrogens with zero attached hydrogens (tertiary/aromatic N) is 4. The molecular weight excluding hydrogens is 314 g/mol. The van der Waals surface area contributed by atoms with Gasteiger partial charge in [0.15, 0.2) is 11.5 Å². The highest BCUT2D eigenvalue weighted by Gasteiger charge is 2.32. The van der Waals surface area contributed by atoms with Gasteiger partial charge < -0.3 is 15.0 Å². The fraction of sp³-hybridized carbons (Fsp3) is 0.316. The lowest BCUT2D eigenvalue weighted by atomic mass is 9.90. The average Bonchev–Trinajstić information content (AvgIpc) is 3.21. The molecule has 6 heteroatoms. The van der Waals surface area contributed by atoms with Gasteiger partial charge in [0.05, 0.1) is 25.6 Å². The van der Waals surface area contributed by atoms with E-state index in [1.165, 1.54) is 11.9 Å². The summed E-state index contributed by atoms with van der Waals surface area (Å²) in [7, 11) is 0. The van der Waals surface area contributed by atoms with Gasteiger partial charge in [0.25, 0.3) is 0 Å². The lowest BCUT2D eigenvalue weighted by Crippen LogP contribution is -2.20. The Morgan fingerprint density at radius 1 is 1.24 bits per heavy atom. The van der Waals surface area contributed by atoms with Crippen molar-refractivity contribution in [1.29, 1.82) is 0 Å². The van der Waals surface area contributed by atoms with E-state index in [0.29, 0.717) is 24.5 Å². The van der Waals surface area contributed by atoms with Gasteiger partial charge in [-0.3, -0.25) is 0 Å². The molecule has 1 aromatic carbocycles. The molecule has 0 aliphatic heterocycles. The number of benzene rings is 1. The Morgan fingerprint density at radius 2 is 2.08 bits per heavy atom. The van der Waals surface area contributed by atoms with Crippen LogP contribution in [0.25, 0.3) is 11.2 Å². The Hall–Kier alpha value is -2.73. The molecule has 0 radical (unpaired) electrons. The summed E-state index contributed by atoms with van der Waals surface area (Å²) < 4.78 is 8.02. The largest absolute Gasteiger partial charge is 0.382 e. The maximum atomic E-state index is 5.96. The van der Waals surface area contributed by atoms with E-state index in [1.54, 1.807) is 6.33 Å². The number of fused-ring (bicyclic) bond motifs is 1. The highest BCUT2D eigenvalue weighted by molar-refractivity contribution is 5.81. The van der Waals surface area contributed by atoms with Crippen molar-refractivity contribution >= 4 is 17.0 Å². The molecule has 0 amide bonds. The molecule has 2 aromatic heterocycles. The molecule has 6 nitrogen and oxygen atoms in total. The number of aromatic nitrogens is 4. The summed E-state index contributed by atoms with van der Waals surface area (Å²) >= 11 is 0. The molecule has 0 unspecified atom stereocenters. The molecular formula is C19H21N5O. The van der Waals surface area contributed by atoms with Gasteiger partial charge >= 0.3 is 0 Å². The molecule has 0 fully saturated rings. The molecule has 4 rings (SSSR count). The molecule has 0 saturated heterocycles. The van der Waals surface area contributed by atoms with Crippen LogP contribution in [-0.2, 0) is 11.3 Å². The molecule has 2 atom stereocenters. The SMILES string of the molecule is C[C@@]1(COCc2ccccc2)C=C[C@@H](n2cnc3c(N)ncnc32)C1. The Kier molecular flexibility index (Phi) is 3.97. The Morgan fingerprint density at radius 3 is 2.92 bits per heavy atom. The van der Waals surface area contributed by atoms with E-state index in [-0.39, 0.29) is 11.5 Å². The number of nitrogens with two attached hydrogens (primary N) is 1. The minimum absolute atomic E-state index is 0.00534. The quantitative estimate of drug-likeness (QED) is 0.725. The number of anilines is 1. The van der Waals surface area contributed by atoms with Crippen molar-refractivity contribution in [2.45, 2.75) is 26.0 Å². The lowest BCUT2D eigenvalue weighted by molar-refractivity contribution is 0.0610. The van der Waals surface area contributed by atoms with Crippen LogP contribution >= 0.6 is 0 Å². The van der Waals surface area contributed by atoms with Crippen molar-refractivity contribution in [1.82, 2.24) is 19.5 Å². The first kappa shape index (κ1) is 15.8. The van der Waals surface area contributed by atoms with Gasteiger partial charge in [-0.25, -0.2) is 15.0 Å². The fourth-order valence-electron chi connectivity index (χ4n) is 3.34. The summed E-state index contributed by atoms with van der Waals surface area (Å²) in [4.78, 5) is 12.7. The van der Waals surface area contributed by atoms with Crippen LogP contribution < -0.4 is 5.73 Å². The molecule has 128 valence electrons. The van der Waals surface area contributed by atoms with Gasteiger partial charge in [0.2, 0.25) is 0 Å².